The molecule has 60 heavy (non-hydrogen) atoms. The maximum absolute atomic E-state index is 11.9. The van der Waals surface area contributed by atoms with Crippen LogP contribution in [0.1, 0.15) is 92.4 Å². The van der Waals surface area contributed by atoms with Crippen molar-refractivity contribution in [1.82, 2.24) is 0 Å². The minimum absolute atomic E-state index is 0.0142. The van der Waals surface area contributed by atoms with Gasteiger partial charge in [-0.1, -0.05) is 39.3 Å². The van der Waals surface area contributed by atoms with Gasteiger partial charge < -0.3 is 78.7 Å². The van der Waals surface area contributed by atoms with Gasteiger partial charge in [-0.05, 0) is 98.7 Å². The summed E-state index contributed by atoms with van der Waals surface area (Å²) < 4.78 is 49.8. The van der Waals surface area contributed by atoms with E-state index in [4.69, 9.17) is 37.9 Å². The lowest BCUT2D eigenvalue weighted by atomic mass is 9.47. The second kappa shape index (κ2) is 16.5. The quantitative estimate of drug-likeness (QED) is 0.166. The van der Waals surface area contributed by atoms with Gasteiger partial charge in [-0.3, -0.25) is 0 Å². The molecule has 0 aromatic heterocycles. The monoisotopic (exact) mass is 854 g/mol. The van der Waals surface area contributed by atoms with Crippen molar-refractivity contribution in [3.05, 3.63) is 11.6 Å². The Labute approximate surface area is 352 Å². The zero-order chi connectivity index (χ0) is 42.6. The van der Waals surface area contributed by atoms with Crippen molar-refractivity contribution in [1.29, 1.82) is 0 Å². The van der Waals surface area contributed by atoms with Crippen molar-refractivity contribution in [3.8, 4) is 0 Å². The Balaban J connectivity index is 0.913. The Kier molecular flexibility index (Phi) is 12.2. The van der Waals surface area contributed by atoms with E-state index in [1.807, 2.05) is 0 Å². The summed E-state index contributed by atoms with van der Waals surface area (Å²) in [5.74, 6) is 2.65. The number of ether oxygens (including phenoxy) is 8. The lowest BCUT2D eigenvalue weighted by molar-refractivity contribution is -0.385. The highest BCUT2D eigenvalue weighted by Gasteiger charge is 2.69. The summed E-state index contributed by atoms with van der Waals surface area (Å²) in [6.45, 7) is 10.9. The van der Waals surface area contributed by atoms with E-state index < -0.39 is 98.4 Å². The molecule has 0 aromatic rings. The highest BCUT2D eigenvalue weighted by Crippen LogP contribution is 2.70. The minimum atomic E-state index is -1.70. The van der Waals surface area contributed by atoms with E-state index in [0.29, 0.717) is 48.3 Å². The Hall–Kier alpha value is -0.900. The van der Waals surface area contributed by atoms with Crippen LogP contribution >= 0.6 is 0 Å². The Morgan fingerprint density at radius 2 is 1.48 bits per heavy atom. The molecule has 0 bridgehead atoms. The molecule has 9 aliphatic rings. The van der Waals surface area contributed by atoms with Crippen LogP contribution in [0.25, 0.3) is 0 Å². The molecule has 16 heteroatoms. The third kappa shape index (κ3) is 7.19. The maximum atomic E-state index is 11.9. The van der Waals surface area contributed by atoms with Crippen LogP contribution in [0.2, 0.25) is 0 Å². The molecule has 5 saturated heterocycles. The molecule has 3 saturated carbocycles. The summed E-state index contributed by atoms with van der Waals surface area (Å²) in [7, 11) is 0. The van der Waals surface area contributed by atoms with Crippen molar-refractivity contribution in [2.24, 2.45) is 46.3 Å². The van der Waals surface area contributed by atoms with Crippen LogP contribution in [0.3, 0.4) is 0 Å². The predicted molar refractivity (Wildman–Crippen MR) is 208 cm³/mol. The summed E-state index contributed by atoms with van der Waals surface area (Å²) in [6, 6.07) is 0. The molecule has 0 amide bonds. The van der Waals surface area contributed by atoms with Crippen molar-refractivity contribution < 1.29 is 78.7 Å². The first-order valence-corrected chi connectivity index (χ1v) is 22.8. The smallest absolute Gasteiger partial charge is 0.187 e. The standard InChI is InChI=1S/C44H70O16/c1-19-8-13-44(54-17-19)20(2)30-28(60-44)15-26-24-7-6-22-14-23(9-11-42(22,4)25(24)10-12-43(26,30)5)56-41-38(59-40-35(51)33(49)31(47)21(3)55-40)36(52)37(29(16-45)57-41)58-39-34(50)32(48)27(46)18-53-39/h6,19-21,23-41,45-52H,7-18H2,1-5H3/t19-,20?,21+,23+,24?,25?,26?,27-,28?,29-,30?,31-,32+,33-,34-,35-,36+,37-,38-,39+,40+,41-,42+,43+,44?/m1/s1. The summed E-state index contributed by atoms with van der Waals surface area (Å²) in [6.07, 6.45) is -9.25. The first-order chi connectivity index (χ1) is 28.5. The van der Waals surface area contributed by atoms with Gasteiger partial charge in [-0.2, -0.15) is 0 Å². The van der Waals surface area contributed by atoms with E-state index in [1.165, 1.54) is 18.9 Å². The minimum Gasteiger partial charge on any atom is -0.394 e. The lowest BCUT2D eigenvalue weighted by Gasteiger charge is -2.58. The summed E-state index contributed by atoms with van der Waals surface area (Å²) >= 11 is 0. The third-order valence-electron chi connectivity index (χ3n) is 17.3. The molecule has 8 fully saturated rings. The van der Waals surface area contributed by atoms with Crippen LogP contribution < -0.4 is 0 Å². The Morgan fingerprint density at radius 3 is 2.22 bits per heavy atom. The third-order valence-corrected chi connectivity index (χ3v) is 17.3. The van der Waals surface area contributed by atoms with Gasteiger partial charge in [-0.25, -0.2) is 0 Å². The first kappa shape index (κ1) is 44.3. The van der Waals surface area contributed by atoms with Crippen molar-refractivity contribution in [2.75, 3.05) is 19.8 Å². The van der Waals surface area contributed by atoms with Crippen LogP contribution in [0.4, 0.5) is 0 Å². The fourth-order valence-electron chi connectivity index (χ4n) is 13.7. The zero-order valence-electron chi connectivity index (χ0n) is 35.6. The average molecular weight is 855 g/mol. The summed E-state index contributed by atoms with van der Waals surface area (Å²) in [5.41, 5.74) is 1.54. The number of hydrogen-bond acceptors (Lipinski definition) is 16. The van der Waals surface area contributed by atoms with Crippen LogP contribution in [-0.2, 0) is 37.9 Å². The number of allylic oxidation sites excluding steroid dienone is 1. The van der Waals surface area contributed by atoms with Gasteiger partial charge in [0.15, 0.2) is 24.7 Å². The average Bonchev–Trinajstić information content (AvgIpc) is 3.68. The molecule has 5 aliphatic heterocycles. The predicted octanol–water partition coefficient (Wildman–Crippen LogP) is 0.853. The Bertz CT molecular complexity index is 1560. The van der Waals surface area contributed by atoms with Crippen LogP contribution in [-0.4, -0.2) is 165 Å². The molecule has 8 N–H and O–H groups in total. The number of hydrogen-bond donors (Lipinski definition) is 8. The van der Waals surface area contributed by atoms with E-state index in [-0.39, 0.29) is 29.6 Å². The topological polar surface area (TPSA) is 236 Å². The molecule has 7 unspecified atom stereocenters. The molecule has 0 radical (unpaired) electrons. The summed E-state index contributed by atoms with van der Waals surface area (Å²) in [5, 5.41) is 85.1. The largest absolute Gasteiger partial charge is 0.394 e. The molecule has 342 valence electrons. The lowest BCUT2D eigenvalue weighted by Crippen LogP contribution is -2.66. The highest BCUT2D eigenvalue weighted by molar-refractivity contribution is 5.26. The van der Waals surface area contributed by atoms with Crippen LogP contribution in [0.5, 0.6) is 0 Å². The molecular weight excluding hydrogens is 784 g/mol. The number of aliphatic hydroxyl groups is 8. The Morgan fingerprint density at radius 1 is 0.733 bits per heavy atom. The molecule has 4 aliphatic carbocycles. The SMILES string of the molecule is CC1C2C(CC3C4CC=C5C[C@@H](O[C@@H]6O[C@H](CO)[C@@H](O[C@@H]7OC[C@@H](O)[C@H](O)[C@H]7O)[C@H](O)[C@H]6O[C@@H]6O[C@@H](C)[C@@H](O)[C@@H](O)[C@H]6O)CC[C@]5(C)C4CC[C@@]32C)OC12CC[C@@H](C)CO2. The molecule has 1 spiro atoms. The molecule has 16 nitrogen and oxygen atoms in total. The van der Waals surface area contributed by atoms with E-state index in [0.717, 1.165) is 45.1 Å². The van der Waals surface area contributed by atoms with Crippen LogP contribution in [0, 0.1) is 46.3 Å². The van der Waals surface area contributed by atoms with E-state index in [9.17, 15) is 40.9 Å². The highest BCUT2D eigenvalue weighted by atomic mass is 16.8. The fraction of sp³-hybridized carbons (Fsp3) is 0.955. The first-order valence-electron chi connectivity index (χ1n) is 22.8. The van der Waals surface area contributed by atoms with E-state index in [1.54, 1.807) is 0 Å². The number of fused-ring (bicyclic) bond motifs is 7. The summed E-state index contributed by atoms with van der Waals surface area (Å²) in [4.78, 5) is 0. The normalized spacial score (nSPS) is 57.9. The van der Waals surface area contributed by atoms with Crippen molar-refractivity contribution in [3.63, 3.8) is 0 Å². The van der Waals surface area contributed by atoms with Gasteiger partial charge in [0.1, 0.15) is 61.0 Å². The fourth-order valence-corrected chi connectivity index (χ4v) is 13.7. The molecule has 25 atom stereocenters. The van der Waals surface area contributed by atoms with Crippen LogP contribution in [0.15, 0.2) is 11.6 Å². The van der Waals surface area contributed by atoms with Gasteiger partial charge in [0, 0.05) is 12.3 Å². The maximum Gasteiger partial charge on any atom is 0.187 e. The van der Waals surface area contributed by atoms with Gasteiger partial charge in [0.05, 0.1) is 38.1 Å². The van der Waals surface area contributed by atoms with Crippen molar-refractivity contribution >= 4 is 0 Å². The van der Waals surface area contributed by atoms with Gasteiger partial charge in [-0.15, -0.1) is 0 Å². The van der Waals surface area contributed by atoms with Crippen molar-refractivity contribution in [2.45, 2.75) is 196 Å². The van der Waals surface area contributed by atoms with Gasteiger partial charge in [0.25, 0.3) is 0 Å². The van der Waals surface area contributed by atoms with E-state index >= 15 is 0 Å². The number of rotatable bonds is 7. The second-order valence-electron chi connectivity index (χ2n) is 20.6. The van der Waals surface area contributed by atoms with Gasteiger partial charge >= 0.3 is 0 Å². The van der Waals surface area contributed by atoms with Gasteiger partial charge in [0.2, 0.25) is 0 Å². The molecule has 9 rings (SSSR count). The van der Waals surface area contributed by atoms with E-state index in [2.05, 4.69) is 33.8 Å². The number of aliphatic hydroxyl groups excluding tert-OH is 8. The zero-order valence-corrected chi connectivity index (χ0v) is 35.6. The molecule has 0 aromatic carbocycles. The molecular formula is C44H70O16. The molecule has 5 heterocycles. The second-order valence-corrected chi connectivity index (χ2v) is 20.6.